The SMILES string of the molecule is CN(CCC[N+](C)(CCCN(C)c1ccc(N=Nc2n(C)cc[n+]2C)cc1)CCCN(C)c1ccc(N=Nc2n(C)cc[n+]2C)cc1)c1ccc(N=Nc2n(C)cc[n+]2C)cc1. The topological polar surface area (TPSA) is 110 Å². The maximum Gasteiger partial charge on any atom is 0.421 e. The number of hydrogen-bond acceptors (Lipinski definition) is 9. The first-order chi connectivity index (χ1) is 29.8. The van der Waals surface area contributed by atoms with E-state index >= 15 is 0 Å². The number of anilines is 3. The molecule has 3 aromatic heterocycles. The van der Waals surface area contributed by atoms with Crippen LogP contribution in [-0.4, -0.2) is 85.6 Å². The Kier molecular flexibility index (Phi) is 15.1. The van der Waals surface area contributed by atoms with Crippen molar-refractivity contribution >= 4 is 52.0 Å². The number of aromatic nitrogens is 6. The fourth-order valence-electron chi connectivity index (χ4n) is 7.59. The summed E-state index contributed by atoms with van der Waals surface area (Å²) in [6, 6.07) is 25.0. The van der Waals surface area contributed by atoms with Crippen LogP contribution in [-0.2, 0) is 42.3 Å². The summed E-state index contributed by atoms with van der Waals surface area (Å²) in [4.78, 5) is 7.03. The number of benzene rings is 3. The highest BCUT2D eigenvalue weighted by atomic mass is 15.3. The molecule has 0 aliphatic carbocycles. The molecule has 16 heteroatoms. The lowest BCUT2D eigenvalue weighted by Gasteiger charge is -2.36. The van der Waals surface area contributed by atoms with Crippen molar-refractivity contribution < 1.29 is 18.2 Å². The molecule has 0 atom stereocenters. The van der Waals surface area contributed by atoms with Gasteiger partial charge in [0, 0.05) is 92.4 Å². The molecule has 16 nitrogen and oxygen atoms in total. The Bertz CT molecular complexity index is 2090. The molecule has 0 saturated carbocycles. The highest BCUT2D eigenvalue weighted by molar-refractivity contribution is 5.54. The van der Waals surface area contributed by atoms with Crippen molar-refractivity contribution in [1.82, 2.24) is 13.7 Å². The summed E-state index contributed by atoms with van der Waals surface area (Å²) in [5.41, 5.74) is 6.02. The summed E-state index contributed by atoms with van der Waals surface area (Å²) >= 11 is 0. The van der Waals surface area contributed by atoms with Gasteiger partial charge in [0.05, 0.1) is 106 Å². The van der Waals surface area contributed by atoms with E-state index in [4.69, 9.17) is 0 Å². The summed E-state index contributed by atoms with van der Waals surface area (Å²) < 4.78 is 12.7. The minimum atomic E-state index is 0.794. The molecule has 0 aliphatic heterocycles. The molecular weight excluding hydrogens is 777 g/mol. The lowest BCUT2D eigenvalue weighted by Crippen LogP contribution is -2.48. The minimum absolute atomic E-state index is 0.794. The Labute approximate surface area is 367 Å². The van der Waals surface area contributed by atoms with Crippen LogP contribution in [0.2, 0.25) is 0 Å². The third-order valence-corrected chi connectivity index (χ3v) is 11.6. The second kappa shape index (κ2) is 20.8. The van der Waals surface area contributed by atoms with E-state index in [1.54, 1.807) is 0 Å². The molecular formula is C46H66N16+4. The molecule has 0 radical (unpaired) electrons. The van der Waals surface area contributed by atoms with Gasteiger partial charge in [-0.3, -0.25) is 0 Å². The van der Waals surface area contributed by atoms with Crippen molar-refractivity contribution in [2.75, 3.05) is 82.2 Å². The number of azo groups is 3. The molecule has 0 unspecified atom stereocenters. The number of aryl methyl sites for hydroxylation is 6. The van der Waals surface area contributed by atoms with E-state index in [-0.39, 0.29) is 0 Å². The monoisotopic (exact) mass is 843 g/mol. The molecule has 3 heterocycles. The lowest BCUT2D eigenvalue weighted by molar-refractivity contribution is -0.909. The fourth-order valence-corrected chi connectivity index (χ4v) is 7.59. The zero-order valence-electron chi connectivity index (χ0n) is 38.4. The van der Waals surface area contributed by atoms with Crippen LogP contribution in [0.15, 0.2) is 141 Å². The first-order valence-corrected chi connectivity index (χ1v) is 21.3. The van der Waals surface area contributed by atoms with Crippen molar-refractivity contribution in [3.05, 3.63) is 110 Å². The van der Waals surface area contributed by atoms with Gasteiger partial charge >= 0.3 is 17.8 Å². The van der Waals surface area contributed by atoms with Crippen LogP contribution in [0.1, 0.15) is 19.3 Å². The number of hydrogen-bond donors (Lipinski definition) is 0. The quantitative estimate of drug-likeness (QED) is 0.0420. The summed E-state index contributed by atoms with van der Waals surface area (Å²) in [6.45, 7) is 6.17. The van der Waals surface area contributed by atoms with Gasteiger partial charge in [-0.15, -0.1) is 0 Å². The van der Waals surface area contributed by atoms with E-state index < -0.39 is 0 Å². The summed E-state index contributed by atoms with van der Waals surface area (Å²) in [5.74, 6) is 2.38. The second-order valence-corrected chi connectivity index (χ2v) is 16.7. The van der Waals surface area contributed by atoms with Gasteiger partial charge in [0.1, 0.15) is 17.1 Å². The fraction of sp³-hybridized carbons (Fsp3) is 0.413. The van der Waals surface area contributed by atoms with Gasteiger partial charge in [0.2, 0.25) is 0 Å². The van der Waals surface area contributed by atoms with Crippen LogP contribution in [0.4, 0.5) is 52.0 Å². The Hall–Kier alpha value is -6.55. The van der Waals surface area contributed by atoms with Crippen molar-refractivity contribution in [2.45, 2.75) is 19.3 Å². The Morgan fingerprint density at radius 1 is 0.435 bits per heavy atom. The van der Waals surface area contributed by atoms with Crippen LogP contribution in [0, 0.1) is 0 Å². The largest absolute Gasteiger partial charge is 0.421 e. The third kappa shape index (κ3) is 12.1. The van der Waals surface area contributed by atoms with Crippen molar-refractivity contribution in [1.29, 1.82) is 0 Å². The van der Waals surface area contributed by atoms with Crippen LogP contribution in [0.25, 0.3) is 0 Å². The Morgan fingerprint density at radius 3 is 0.919 bits per heavy atom. The average Bonchev–Trinajstić information content (AvgIpc) is 3.90. The lowest BCUT2D eigenvalue weighted by atomic mass is 10.2. The maximum atomic E-state index is 4.47. The van der Waals surface area contributed by atoms with Gasteiger partial charge in [-0.25, -0.2) is 27.4 Å². The van der Waals surface area contributed by atoms with Gasteiger partial charge in [0.25, 0.3) is 0 Å². The van der Waals surface area contributed by atoms with Gasteiger partial charge in [-0.2, -0.15) is 0 Å². The van der Waals surface area contributed by atoms with Gasteiger partial charge < -0.3 is 19.2 Å². The molecule has 0 fully saturated rings. The number of imidazole rings is 3. The van der Waals surface area contributed by atoms with Crippen LogP contribution >= 0.6 is 0 Å². The molecule has 0 amide bonds. The molecule has 6 aromatic rings. The summed E-state index contributed by atoms with van der Waals surface area (Å²) in [7, 11) is 20.8. The molecule has 0 N–H and O–H groups in total. The second-order valence-electron chi connectivity index (χ2n) is 16.7. The smallest absolute Gasteiger partial charge is 0.374 e. The zero-order chi connectivity index (χ0) is 44.2. The molecule has 62 heavy (non-hydrogen) atoms. The molecule has 6 rings (SSSR count). The first-order valence-electron chi connectivity index (χ1n) is 21.3. The molecule has 0 aliphatic rings. The third-order valence-electron chi connectivity index (χ3n) is 11.6. The van der Waals surface area contributed by atoms with Crippen LogP contribution in [0.3, 0.4) is 0 Å². The highest BCUT2D eigenvalue weighted by Crippen LogP contribution is 2.24. The van der Waals surface area contributed by atoms with Crippen molar-refractivity contribution in [2.24, 2.45) is 73.0 Å². The predicted molar refractivity (Wildman–Crippen MR) is 246 cm³/mol. The van der Waals surface area contributed by atoms with E-state index in [2.05, 4.69) is 110 Å². The summed E-state index contributed by atoms with van der Waals surface area (Å²) in [6.07, 6.45) is 15.1. The minimum Gasteiger partial charge on any atom is -0.374 e. The highest BCUT2D eigenvalue weighted by Gasteiger charge is 2.22. The van der Waals surface area contributed by atoms with E-state index in [0.29, 0.717) is 0 Å². The summed E-state index contributed by atoms with van der Waals surface area (Å²) in [5, 5.41) is 26.8. The first kappa shape index (κ1) is 45.0. The van der Waals surface area contributed by atoms with Gasteiger partial charge in [-0.1, -0.05) is 15.3 Å². The number of rotatable bonds is 21. The predicted octanol–water partition coefficient (Wildman–Crippen LogP) is 7.75. The standard InChI is InChI=1S/C46H66N16/c1-53(41-20-14-38(15-21-41)47-50-44-56(4)29-30-57(44)5)26-11-35-62(10,36-12-27-54(2)42-22-16-39(17-23-42)48-51-45-58(6)31-32-59(45)7)37-13-28-55(3)43-24-18-40(19-25-43)49-52-46-60(8)33-34-61(46)9/h14-25,29-34H,11-13,26-28,35-37H2,1-10H3/q+4. The van der Waals surface area contributed by atoms with E-state index in [1.165, 1.54) is 17.1 Å². The number of nitrogens with zero attached hydrogens (tertiary/aromatic N) is 16. The van der Waals surface area contributed by atoms with Crippen molar-refractivity contribution in [3.8, 4) is 0 Å². The van der Waals surface area contributed by atoms with Gasteiger partial charge in [-0.05, 0) is 72.8 Å². The molecule has 3 aromatic carbocycles. The number of quaternary nitrogens is 1. The average molecular weight is 843 g/mol. The van der Waals surface area contributed by atoms with Crippen LogP contribution in [0.5, 0.6) is 0 Å². The molecule has 326 valence electrons. The molecule has 0 saturated heterocycles. The Morgan fingerprint density at radius 2 is 0.694 bits per heavy atom. The normalized spacial score (nSPS) is 12.9. The van der Waals surface area contributed by atoms with Crippen molar-refractivity contribution in [3.63, 3.8) is 0 Å². The van der Waals surface area contributed by atoms with E-state index in [1.807, 2.05) is 143 Å². The zero-order valence-corrected chi connectivity index (χ0v) is 38.4. The van der Waals surface area contributed by atoms with Gasteiger partial charge in [0.15, 0.2) is 0 Å². The van der Waals surface area contributed by atoms with E-state index in [0.717, 1.165) is 97.9 Å². The maximum absolute atomic E-state index is 4.47. The molecule has 0 spiro atoms. The van der Waals surface area contributed by atoms with Crippen LogP contribution < -0.4 is 28.4 Å². The van der Waals surface area contributed by atoms with E-state index in [9.17, 15) is 0 Å². The molecule has 0 bridgehead atoms. The Balaban J connectivity index is 1.04.